The first-order valence-corrected chi connectivity index (χ1v) is 6.36. The summed E-state index contributed by atoms with van der Waals surface area (Å²) in [5.41, 5.74) is 1.20. The van der Waals surface area contributed by atoms with Gasteiger partial charge in [-0.1, -0.05) is 6.92 Å². The second-order valence-electron chi connectivity index (χ2n) is 4.64. The van der Waals surface area contributed by atoms with Crippen LogP contribution in [0.15, 0.2) is 6.20 Å². The summed E-state index contributed by atoms with van der Waals surface area (Å²) in [4.78, 5) is 11.0. The summed E-state index contributed by atoms with van der Waals surface area (Å²) in [6.07, 6.45) is 5.60. The third-order valence-corrected chi connectivity index (χ3v) is 3.21. The Bertz CT molecular complexity index is 375. The second kappa shape index (κ2) is 5.45. The van der Waals surface area contributed by atoms with Crippen LogP contribution in [0, 0.1) is 6.92 Å². The monoisotopic (exact) mass is 235 g/mol. The Hall–Kier alpha value is -1.16. The smallest absolute Gasteiger partial charge is 0.135 e. The lowest BCUT2D eigenvalue weighted by atomic mass is 10.2. The number of rotatable bonds is 4. The van der Waals surface area contributed by atoms with Crippen LogP contribution in [-0.4, -0.2) is 36.3 Å². The van der Waals surface area contributed by atoms with E-state index in [-0.39, 0.29) is 0 Å². The fourth-order valence-corrected chi connectivity index (χ4v) is 2.24. The van der Waals surface area contributed by atoms with Gasteiger partial charge in [0.05, 0.1) is 6.10 Å². The van der Waals surface area contributed by atoms with Crippen LogP contribution in [-0.2, 0) is 11.2 Å². The summed E-state index contributed by atoms with van der Waals surface area (Å²) in [5.74, 6) is 1.88. The highest BCUT2D eigenvalue weighted by molar-refractivity contribution is 5.45. The fraction of sp³-hybridized carbons (Fsp3) is 0.692. The lowest BCUT2D eigenvalue weighted by Crippen LogP contribution is -2.30. The van der Waals surface area contributed by atoms with E-state index in [1.54, 1.807) is 0 Å². The standard InChI is InChI=1S/C13H21N3O/c1-4-11-8-14-10(2)15-13(11)16(3)9-12-6-5-7-17-12/h8,12H,4-7,9H2,1-3H3/t12-/m0/s1. The van der Waals surface area contributed by atoms with E-state index in [1.165, 1.54) is 12.0 Å². The van der Waals surface area contributed by atoms with Crippen LogP contribution in [0.25, 0.3) is 0 Å². The zero-order valence-electron chi connectivity index (χ0n) is 10.9. The average Bonchev–Trinajstić information content (AvgIpc) is 2.81. The minimum atomic E-state index is 0.361. The molecular formula is C13H21N3O. The van der Waals surface area contributed by atoms with Crippen molar-refractivity contribution in [1.82, 2.24) is 9.97 Å². The van der Waals surface area contributed by atoms with Crippen molar-refractivity contribution >= 4 is 5.82 Å². The number of likely N-dealkylation sites (N-methyl/N-ethyl adjacent to an activating group) is 1. The van der Waals surface area contributed by atoms with Gasteiger partial charge in [0.15, 0.2) is 0 Å². The minimum absolute atomic E-state index is 0.361. The Morgan fingerprint density at radius 3 is 3.00 bits per heavy atom. The number of hydrogen-bond donors (Lipinski definition) is 0. The molecule has 1 aliphatic heterocycles. The van der Waals surface area contributed by atoms with Crippen LogP contribution >= 0.6 is 0 Å². The SMILES string of the molecule is CCc1cnc(C)nc1N(C)C[C@@H]1CCCO1. The lowest BCUT2D eigenvalue weighted by Gasteiger charge is -2.23. The van der Waals surface area contributed by atoms with Crippen molar-refractivity contribution < 1.29 is 4.74 Å². The molecular weight excluding hydrogens is 214 g/mol. The summed E-state index contributed by atoms with van der Waals surface area (Å²) in [7, 11) is 2.09. The van der Waals surface area contributed by atoms with E-state index >= 15 is 0 Å². The molecule has 1 fully saturated rings. The summed E-state index contributed by atoms with van der Waals surface area (Å²) in [6, 6.07) is 0. The first-order valence-electron chi connectivity index (χ1n) is 6.36. The topological polar surface area (TPSA) is 38.2 Å². The molecule has 0 bridgehead atoms. The van der Waals surface area contributed by atoms with Gasteiger partial charge < -0.3 is 9.64 Å². The molecule has 1 atom stereocenters. The van der Waals surface area contributed by atoms with Crippen molar-refractivity contribution in [3.63, 3.8) is 0 Å². The van der Waals surface area contributed by atoms with Crippen molar-refractivity contribution in [1.29, 1.82) is 0 Å². The van der Waals surface area contributed by atoms with Crippen molar-refractivity contribution in [2.45, 2.75) is 39.2 Å². The summed E-state index contributed by atoms with van der Waals surface area (Å²) < 4.78 is 5.66. The van der Waals surface area contributed by atoms with Gasteiger partial charge in [0, 0.05) is 32.0 Å². The molecule has 0 unspecified atom stereocenters. The number of anilines is 1. The molecule has 17 heavy (non-hydrogen) atoms. The Labute approximate surface area is 103 Å². The predicted molar refractivity (Wildman–Crippen MR) is 68.4 cm³/mol. The van der Waals surface area contributed by atoms with E-state index in [1.807, 2.05) is 13.1 Å². The molecule has 1 saturated heterocycles. The van der Waals surface area contributed by atoms with Gasteiger partial charge in [-0.2, -0.15) is 0 Å². The van der Waals surface area contributed by atoms with E-state index in [9.17, 15) is 0 Å². The van der Waals surface area contributed by atoms with Gasteiger partial charge in [0.25, 0.3) is 0 Å². The Kier molecular flexibility index (Phi) is 3.94. The Morgan fingerprint density at radius 2 is 2.35 bits per heavy atom. The molecule has 0 N–H and O–H groups in total. The zero-order valence-corrected chi connectivity index (χ0v) is 10.9. The van der Waals surface area contributed by atoms with Crippen LogP contribution in [0.3, 0.4) is 0 Å². The van der Waals surface area contributed by atoms with Crippen LogP contribution < -0.4 is 4.90 Å². The minimum Gasteiger partial charge on any atom is -0.376 e. The van der Waals surface area contributed by atoms with Gasteiger partial charge in [0.1, 0.15) is 11.6 Å². The highest BCUT2D eigenvalue weighted by Gasteiger charge is 2.19. The highest BCUT2D eigenvalue weighted by Crippen LogP contribution is 2.20. The van der Waals surface area contributed by atoms with Gasteiger partial charge in [-0.05, 0) is 26.2 Å². The maximum absolute atomic E-state index is 5.66. The maximum atomic E-state index is 5.66. The third-order valence-electron chi connectivity index (χ3n) is 3.21. The zero-order chi connectivity index (χ0) is 12.3. The van der Waals surface area contributed by atoms with Gasteiger partial charge in [-0.25, -0.2) is 9.97 Å². The fourth-order valence-electron chi connectivity index (χ4n) is 2.24. The molecule has 94 valence electrons. The summed E-state index contributed by atoms with van der Waals surface area (Å²) in [6.45, 7) is 5.89. The molecule has 0 aromatic carbocycles. The lowest BCUT2D eigenvalue weighted by molar-refractivity contribution is 0.116. The number of nitrogens with zero attached hydrogens (tertiary/aromatic N) is 3. The van der Waals surface area contributed by atoms with Crippen LogP contribution in [0.1, 0.15) is 31.2 Å². The molecule has 0 aliphatic carbocycles. The van der Waals surface area contributed by atoms with Crippen molar-refractivity contribution in [3.8, 4) is 0 Å². The molecule has 1 aromatic heterocycles. The number of aryl methyl sites for hydroxylation is 2. The van der Waals surface area contributed by atoms with Gasteiger partial charge in [-0.3, -0.25) is 0 Å². The van der Waals surface area contributed by atoms with Crippen molar-refractivity contribution in [3.05, 3.63) is 17.6 Å². The van der Waals surface area contributed by atoms with Crippen molar-refractivity contribution in [2.75, 3.05) is 25.1 Å². The van der Waals surface area contributed by atoms with Crippen molar-refractivity contribution in [2.24, 2.45) is 0 Å². The molecule has 4 nitrogen and oxygen atoms in total. The molecule has 0 radical (unpaired) electrons. The first-order chi connectivity index (χ1) is 8.20. The van der Waals surface area contributed by atoms with Crippen LogP contribution in [0.5, 0.6) is 0 Å². The number of aromatic nitrogens is 2. The Morgan fingerprint density at radius 1 is 1.53 bits per heavy atom. The Balaban J connectivity index is 2.11. The number of hydrogen-bond acceptors (Lipinski definition) is 4. The molecule has 1 aromatic rings. The van der Waals surface area contributed by atoms with Gasteiger partial charge in [0.2, 0.25) is 0 Å². The van der Waals surface area contributed by atoms with Gasteiger partial charge in [-0.15, -0.1) is 0 Å². The summed E-state index contributed by atoms with van der Waals surface area (Å²) in [5, 5.41) is 0. The van der Waals surface area contributed by atoms with E-state index in [0.717, 1.165) is 37.6 Å². The quantitative estimate of drug-likeness (QED) is 0.799. The van der Waals surface area contributed by atoms with E-state index in [0.29, 0.717) is 6.10 Å². The normalized spacial score (nSPS) is 19.6. The van der Waals surface area contributed by atoms with E-state index < -0.39 is 0 Å². The number of ether oxygens (including phenoxy) is 1. The summed E-state index contributed by atoms with van der Waals surface area (Å²) >= 11 is 0. The third kappa shape index (κ3) is 2.94. The maximum Gasteiger partial charge on any atom is 0.135 e. The first kappa shape index (κ1) is 12.3. The molecule has 4 heteroatoms. The van der Waals surface area contributed by atoms with E-state index in [4.69, 9.17) is 4.74 Å². The molecule has 1 aliphatic rings. The van der Waals surface area contributed by atoms with Crippen LogP contribution in [0.4, 0.5) is 5.82 Å². The largest absolute Gasteiger partial charge is 0.376 e. The van der Waals surface area contributed by atoms with Crippen LogP contribution in [0.2, 0.25) is 0 Å². The van der Waals surface area contributed by atoms with E-state index in [2.05, 4.69) is 28.8 Å². The van der Waals surface area contributed by atoms with Gasteiger partial charge >= 0.3 is 0 Å². The molecule has 0 amide bonds. The predicted octanol–water partition coefficient (Wildman–Crippen LogP) is 1.96. The highest BCUT2D eigenvalue weighted by atomic mass is 16.5. The molecule has 2 rings (SSSR count). The average molecular weight is 235 g/mol. The second-order valence-corrected chi connectivity index (χ2v) is 4.64. The molecule has 0 spiro atoms. The molecule has 0 saturated carbocycles. The molecule has 2 heterocycles.